The van der Waals surface area contributed by atoms with E-state index in [0.717, 1.165) is 10.6 Å². The predicted octanol–water partition coefficient (Wildman–Crippen LogP) is 2.88. The maximum absolute atomic E-state index is 12.3. The zero-order chi connectivity index (χ0) is 19.3. The molecular formula is C20H18N4O3S. The van der Waals surface area contributed by atoms with E-state index in [0.29, 0.717) is 23.0 Å². The van der Waals surface area contributed by atoms with Crippen molar-refractivity contribution in [3.05, 3.63) is 65.2 Å². The average Bonchev–Trinajstić information content (AvgIpc) is 3.14. The summed E-state index contributed by atoms with van der Waals surface area (Å²) < 4.78 is 5.41. The van der Waals surface area contributed by atoms with Gasteiger partial charge in [0.15, 0.2) is 6.61 Å². The van der Waals surface area contributed by atoms with Crippen molar-refractivity contribution < 1.29 is 14.3 Å². The molecule has 0 aliphatic carbocycles. The van der Waals surface area contributed by atoms with Crippen LogP contribution in [-0.4, -0.2) is 35.2 Å². The van der Waals surface area contributed by atoms with Crippen LogP contribution >= 0.6 is 11.3 Å². The van der Waals surface area contributed by atoms with Gasteiger partial charge in [-0.25, -0.2) is 0 Å². The number of rotatable bonds is 6. The van der Waals surface area contributed by atoms with Crippen molar-refractivity contribution >= 4 is 34.0 Å². The molecule has 1 aliphatic rings. The van der Waals surface area contributed by atoms with Crippen LogP contribution in [0, 0.1) is 0 Å². The number of hydrogen-bond acceptors (Lipinski definition) is 6. The zero-order valence-electron chi connectivity index (χ0n) is 15.0. The van der Waals surface area contributed by atoms with Crippen molar-refractivity contribution in [3.8, 4) is 5.75 Å². The minimum atomic E-state index is -0.209. The first-order chi connectivity index (χ1) is 13.7. The largest absolute Gasteiger partial charge is 0.482 e. The number of carbonyl (C=O) groups is 2. The Kier molecular flexibility index (Phi) is 5.29. The summed E-state index contributed by atoms with van der Waals surface area (Å²) in [5.41, 5.74) is 1.83. The van der Waals surface area contributed by atoms with Gasteiger partial charge >= 0.3 is 0 Å². The molecule has 0 radical (unpaired) electrons. The number of nitrogens with zero attached hydrogens (tertiary/aromatic N) is 3. The molecule has 7 nitrogen and oxygen atoms in total. The maximum atomic E-state index is 12.3. The second kappa shape index (κ2) is 8.18. The van der Waals surface area contributed by atoms with Crippen molar-refractivity contribution in [2.45, 2.75) is 12.8 Å². The lowest BCUT2D eigenvalue weighted by atomic mass is 10.2. The molecule has 8 heteroatoms. The van der Waals surface area contributed by atoms with Crippen LogP contribution in [0.15, 0.2) is 54.6 Å². The SMILES string of the molecule is O=C(CCN1C(=O)COc2ccccc21)Nc1nnc(Cc2ccccc2)s1. The Morgan fingerprint density at radius 1 is 1.11 bits per heavy atom. The molecule has 1 N–H and O–H groups in total. The van der Waals surface area contributed by atoms with Gasteiger partial charge in [-0.3, -0.25) is 9.59 Å². The number of benzene rings is 2. The number of amides is 2. The van der Waals surface area contributed by atoms with Crippen molar-refractivity contribution in [3.63, 3.8) is 0 Å². The smallest absolute Gasteiger partial charge is 0.265 e. The Morgan fingerprint density at radius 2 is 1.89 bits per heavy atom. The van der Waals surface area contributed by atoms with E-state index < -0.39 is 0 Å². The second-order valence-corrected chi connectivity index (χ2v) is 7.33. The first-order valence-electron chi connectivity index (χ1n) is 8.87. The van der Waals surface area contributed by atoms with Gasteiger partial charge in [0, 0.05) is 19.4 Å². The van der Waals surface area contributed by atoms with E-state index in [1.807, 2.05) is 54.6 Å². The van der Waals surface area contributed by atoms with Crippen LogP contribution in [0.3, 0.4) is 0 Å². The molecule has 0 saturated heterocycles. The van der Waals surface area contributed by atoms with Crippen LogP contribution in [0.25, 0.3) is 0 Å². The molecule has 0 saturated carbocycles. The third kappa shape index (κ3) is 4.17. The highest BCUT2D eigenvalue weighted by Crippen LogP contribution is 2.31. The quantitative estimate of drug-likeness (QED) is 0.695. The summed E-state index contributed by atoms with van der Waals surface area (Å²) in [6, 6.07) is 17.3. The average molecular weight is 394 g/mol. The van der Waals surface area contributed by atoms with Crippen LogP contribution in [0.4, 0.5) is 10.8 Å². The highest BCUT2D eigenvalue weighted by Gasteiger charge is 2.25. The fourth-order valence-corrected chi connectivity index (χ4v) is 3.73. The number of nitrogens with one attached hydrogen (secondary N) is 1. The minimum absolute atomic E-state index is 0.0160. The van der Waals surface area contributed by atoms with Gasteiger partial charge in [-0.1, -0.05) is 53.8 Å². The first-order valence-corrected chi connectivity index (χ1v) is 9.69. The number of para-hydroxylation sites is 2. The van der Waals surface area contributed by atoms with Gasteiger partial charge in [0.1, 0.15) is 10.8 Å². The molecule has 1 aromatic heterocycles. The number of fused-ring (bicyclic) bond motifs is 1. The molecule has 0 atom stereocenters. The number of anilines is 2. The summed E-state index contributed by atoms with van der Waals surface area (Å²) in [5.74, 6) is 0.281. The molecule has 0 fully saturated rings. The van der Waals surface area contributed by atoms with Crippen LogP contribution in [-0.2, 0) is 16.0 Å². The first kappa shape index (κ1) is 18.1. The van der Waals surface area contributed by atoms with Crippen molar-refractivity contribution in [2.75, 3.05) is 23.4 Å². The van der Waals surface area contributed by atoms with Crippen molar-refractivity contribution in [1.82, 2.24) is 10.2 Å². The Morgan fingerprint density at radius 3 is 2.75 bits per heavy atom. The Hall–Kier alpha value is -3.26. The van der Waals surface area contributed by atoms with Gasteiger partial charge in [-0.05, 0) is 17.7 Å². The molecule has 4 rings (SSSR count). The summed E-state index contributed by atoms with van der Waals surface area (Å²) in [6.45, 7) is 0.262. The van der Waals surface area contributed by atoms with E-state index in [4.69, 9.17) is 4.74 Å². The normalized spacial score (nSPS) is 13.0. The molecule has 3 aromatic rings. The summed E-state index contributed by atoms with van der Waals surface area (Å²) in [5, 5.41) is 12.2. The van der Waals surface area contributed by atoms with Crippen molar-refractivity contribution in [1.29, 1.82) is 0 Å². The van der Waals surface area contributed by atoms with E-state index >= 15 is 0 Å². The van der Waals surface area contributed by atoms with E-state index in [1.54, 1.807) is 4.90 Å². The summed E-state index contributed by atoms with van der Waals surface area (Å²) in [4.78, 5) is 26.0. The van der Waals surface area contributed by atoms with Crippen LogP contribution in [0.1, 0.15) is 17.0 Å². The van der Waals surface area contributed by atoms with Gasteiger partial charge in [-0.2, -0.15) is 0 Å². The third-order valence-electron chi connectivity index (χ3n) is 4.28. The van der Waals surface area contributed by atoms with Crippen LogP contribution in [0.2, 0.25) is 0 Å². The lowest BCUT2D eigenvalue weighted by Gasteiger charge is -2.29. The Bertz CT molecular complexity index is 990. The van der Waals surface area contributed by atoms with Crippen LogP contribution in [0.5, 0.6) is 5.75 Å². The fraction of sp³-hybridized carbons (Fsp3) is 0.200. The highest BCUT2D eigenvalue weighted by molar-refractivity contribution is 7.15. The van der Waals surface area contributed by atoms with Crippen LogP contribution < -0.4 is 15.0 Å². The maximum Gasteiger partial charge on any atom is 0.265 e. The highest BCUT2D eigenvalue weighted by atomic mass is 32.1. The van der Waals surface area contributed by atoms with Gasteiger partial charge in [-0.15, -0.1) is 10.2 Å². The standard InChI is InChI=1S/C20H18N4O3S/c25-17(10-11-24-15-8-4-5-9-16(15)27-13-19(24)26)21-20-23-22-18(28-20)12-14-6-2-1-3-7-14/h1-9H,10-13H2,(H,21,23,25). The number of ether oxygens (including phenoxy) is 1. The summed E-state index contributed by atoms with van der Waals surface area (Å²) >= 11 is 1.35. The zero-order valence-corrected chi connectivity index (χ0v) is 15.8. The topological polar surface area (TPSA) is 84.4 Å². The molecule has 0 spiro atoms. The van der Waals surface area contributed by atoms with E-state index in [1.165, 1.54) is 11.3 Å². The van der Waals surface area contributed by atoms with Gasteiger partial charge < -0.3 is 15.0 Å². The lowest BCUT2D eigenvalue weighted by molar-refractivity contribution is -0.121. The Labute approximate surface area is 166 Å². The third-order valence-corrected chi connectivity index (χ3v) is 5.12. The molecule has 2 heterocycles. The fourth-order valence-electron chi connectivity index (χ4n) is 2.94. The predicted molar refractivity (Wildman–Crippen MR) is 107 cm³/mol. The van der Waals surface area contributed by atoms with E-state index in [9.17, 15) is 9.59 Å². The molecule has 1 aliphatic heterocycles. The Balaban J connectivity index is 1.33. The molecule has 2 aromatic carbocycles. The van der Waals surface area contributed by atoms with Gasteiger partial charge in [0.05, 0.1) is 5.69 Å². The molecule has 2 amide bonds. The van der Waals surface area contributed by atoms with Gasteiger partial charge in [0.2, 0.25) is 11.0 Å². The second-order valence-electron chi connectivity index (χ2n) is 6.26. The molecule has 0 unspecified atom stereocenters. The van der Waals surface area contributed by atoms with E-state index in [2.05, 4.69) is 15.5 Å². The lowest BCUT2D eigenvalue weighted by Crippen LogP contribution is -2.40. The number of aromatic nitrogens is 2. The molecular weight excluding hydrogens is 376 g/mol. The minimum Gasteiger partial charge on any atom is -0.482 e. The number of hydrogen-bond donors (Lipinski definition) is 1. The molecule has 142 valence electrons. The summed E-state index contributed by atoms with van der Waals surface area (Å²) in [7, 11) is 0. The van der Waals surface area contributed by atoms with Gasteiger partial charge in [0.25, 0.3) is 5.91 Å². The monoisotopic (exact) mass is 394 g/mol. The number of carbonyl (C=O) groups excluding carboxylic acids is 2. The van der Waals surface area contributed by atoms with E-state index in [-0.39, 0.29) is 31.4 Å². The molecule has 28 heavy (non-hydrogen) atoms. The van der Waals surface area contributed by atoms with Crippen molar-refractivity contribution in [2.24, 2.45) is 0 Å². The summed E-state index contributed by atoms with van der Waals surface area (Å²) in [6.07, 6.45) is 0.834. The molecule has 0 bridgehead atoms.